The molecule has 6 nitrogen and oxygen atoms in total. The number of rotatable bonds is 12. The van der Waals surface area contributed by atoms with Gasteiger partial charge in [0.2, 0.25) is 0 Å². The molecule has 1 unspecified atom stereocenters. The first kappa shape index (κ1) is 26.9. The van der Waals surface area contributed by atoms with Crippen LogP contribution in [0.4, 0.5) is 0 Å². The largest absolute Gasteiger partial charge is 0.493 e. The summed E-state index contributed by atoms with van der Waals surface area (Å²) in [6.45, 7) is 11.9. The van der Waals surface area contributed by atoms with Gasteiger partial charge in [-0.3, -0.25) is 0 Å². The predicted octanol–water partition coefficient (Wildman–Crippen LogP) is 4.28. The number of ether oxygens (including phenoxy) is 2. The summed E-state index contributed by atoms with van der Waals surface area (Å²) in [5.41, 5.74) is 4.69. The standard InChI is InChI=1S/C30H44N2O4/c1-23-27(7-3-9-29(23)35-19-5-14-31-16-11-25(22-33)12-17-31)28-8-4-10-30(24(28)2)36-20-6-15-32-18-13-26(34)21-32/h3-4,7-10,25-26,33-34H,5-6,11-22H2,1-2H3. The molecule has 198 valence electrons. The van der Waals surface area contributed by atoms with Crippen LogP contribution in [0.1, 0.15) is 43.2 Å². The molecule has 2 aromatic rings. The van der Waals surface area contributed by atoms with Crippen molar-refractivity contribution in [3.8, 4) is 22.6 Å². The number of benzene rings is 2. The van der Waals surface area contributed by atoms with Crippen molar-refractivity contribution in [1.82, 2.24) is 9.80 Å². The molecule has 2 aliphatic rings. The van der Waals surface area contributed by atoms with Gasteiger partial charge in [0.05, 0.1) is 19.3 Å². The average molecular weight is 497 g/mol. The smallest absolute Gasteiger partial charge is 0.122 e. The minimum atomic E-state index is -0.164. The molecule has 2 N–H and O–H groups in total. The van der Waals surface area contributed by atoms with Crippen LogP contribution in [0.5, 0.6) is 11.5 Å². The number of hydrogen-bond donors (Lipinski definition) is 2. The summed E-state index contributed by atoms with van der Waals surface area (Å²) in [6, 6.07) is 12.6. The minimum absolute atomic E-state index is 0.164. The molecule has 2 aliphatic heterocycles. The lowest BCUT2D eigenvalue weighted by atomic mass is 9.95. The highest BCUT2D eigenvalue weighted by molar-refractivity contribution is 5.74. The number of hydrogen-bond acceptors (Lipinski definition) is 6. The van der Waals surface area contributed by atoms with Crippen molar-refractivity contribution >= 4 is 0 Å². The van der Waals surface area contributed by atoms with Gasteiger partial charge in [-0.1, -0.05) is 24.3 Å². The normalized spacial score (nSPS) is 19.6. The molecule has 0 amide bonds. The summed E-state index contributed by atoms with van der Waals surface area (Å²) in [6.07, 6.45) is 4.88. The Labute approximate surface area is 216 Å². The summed E-state index contributed by atoms with van der Waals surface area (Å²) in [7, 11) is 0. The van der Waals surface area contributed by atoms with Gasteiger partial charge in [-0.15, -0.1) is 0 Å². The number of β-amino-alcohol motifs (C(OH)–C–C–N with tert-alkyl or cyclic N) is 1. The van der Waals surface area contributed by atoms with Crippen LogP contribution < -0.4 is 9.47 Å². The second-order valence-corrected chi connectivity index (χ2v) is 10.5. The second kappa shape index (κ2) is 13.4. The zero-order chi connectivity index (χ0) is 25.3. The summed E-state index contributed by atoms with van der Waals surface area (Å²) >= 11 is 0. The fourth-order valence-electron chi connectivity index (χ4n) is 5.47. The van der Waals surface area contributed by atoms with E-state index in [4.69, 9.17) is 9.47 Å². The number of piperidine rings is 1. The van der Waals surface area contributed by atoms with Crippen LogP contribution in [0.25, 0.3) is 11.1 Å². The molecular formula is C30H44N2O4. The van der Waals surface area contributed by atoms with Gasteiger partial charge < -0.3 is 29.5 Å². The van der Waals surface area contributed by atoms with Crippen molar-refractivity contribution < 1.29 is 19.7 Å². The van der Waals surface area contributed by atoms with Crippen molar-refractivity contribution in [2.75, 3.05) is 59.1 Å². The van der Waals surface area contributed by atoms with Crippen LogP contribution in [-0.4, -0.2) is 85.2 Å². The molecule has 2 aromatic carbocycles. The number of aliphatic hydroxyl groups excluding tert-OH is 2. The van der Waals surface area contributed by atoms with E-state index in [1.165, 1.54) is 11.1 Å². The van der Waals surface area contributed by atoms with Crippen molar-refractivity contribution in [2.45, 2.75) is 52.1 Å². The highest BCUT2D eigenvalue weighted by atomic mass is 16.5. The van der Waals surface area contributed by atoms with Gasteiger partial charge in [0, 0.05) is 32.8 Å². The van der Waals surface area contributed by atoms with Gasteiger partial charge in [0.15, 0.2) is 0 Å². The average Bonchev–Trinajstić information content (AvgIpc) is 3.31. The molecule has 6 heteroatoms. The summed E-state index contributed by atoms with van der Waals surface area (Å²) < 4.78 is 12.4. The van der Waals surface area contributed by atoms with Crippen LogP contribution in [0.3, 0.4) is 0 Å². The third-order valence-electron chi connectivity index (χ3n) is 7.82. The van der Waals surface area contributed by atoms with Gasteiger partial charge in [-0.2, -0.15) is 0 Å². The Bertz CT molecular complexity index is 958. The Morgan fingerprint density at radius 2 is 1.31 bits per heavy atom. The van der Waals surface area contributed by atoms with E-state index in [0.29, 0.717) is 25.7 Å². The Morgan fingerprint density at radius 3 is 1.81 bits per heavy atom. The van der Waals surface area contributed by atoms with Crippen LogP contribution in [-0.2, 0) is 0 Å². The summed E-state index contributed by atoms with van der Waals surface area (Å²) in [4.78, 5) is 4.80. The van der Waals surface area contributed by atoms with E-state index < -0.39 is 0 Å². The zero-order valence-corrected chi connectivity index (χ0v) is 22.1. The van der Waals surface area contributed by atoms with E-state index in [0.717, 1.165) is 94.0 Å². The maximum absolute atomic E-state index is 9.69. The van der Waals surface area contributed by atoms with E-state index in [-0.39, 0.29) is 6.10 Å². The summed E-state index contributed by atoms with van der Waals surface area (Å²) in [5, 5.41) is 19.0. The molecule has 0 aromatic heterocycles. The first-order chi connectivity index (χ1) is 17.5. The Kier molecular flexibility index (Phi) is 10.0. The zero-order valence-electron chi connectivity index (χ0n) is 22.1. The lowest BCUT2D eigenvalue weighted by Gasteiger charge is -2.30. The Morgan fingerprint density at radius 1 is 0.778 bits per heavy atom. The van der Waals surface area contributed by atoms with E-state index in [2.05, 4.69) is 60.0 Å². The van der Waals surface area contributed by atoms with Gasteiger partial charge >= 0.3 is 0 Å². The quantitative estimate of drug-likeness (QED) is 0.428. The van der Waals surface area contributed by atoms with Crippen LogP contribution in [0, 0.1) is 19.8 Å². The van der Waals surface area contributed by atoms with Crippen LogP contribution in [0.15, 0.2) is 36.4 Å². The number of likely N-dealkylation sites (tertiary alicyclic amines) is 2. The number of aliphatic hydroxyl groups is 2. The van der Waals surface area contributed by atoms with Crippen molar-refractivity contribution in [2.24, 2.45) is 5.92 Å². The highest BCUT2D eigenvalue weighted by Gasteiger charge is 2.20. The second-order valence-electron chi connectivity index (χ2n) is 10.5. The van der Waals surface area contributed by atoms with Crippen LogP contribution >= 0.6 is 0 Å². The summed E-state index contributed by atoms with van der Waals surface area (Å²) in [5.74, 6) is 2.37. The van der Waals surface area contributed by atoms with Gasteiger partial charge in [-0.05, 0) is 99.3 Å². The lowest BCUT2D eigenvalue weighted by molar-refractivity contribution is 0.126. The van der Waals surface area contributed by atoms with E-state index in [1.807, 2.05) is 0 Å². The van der Waals surface area contributed by atoms with Crippen molar-refractivity contribution in [3.63, 3.8) is 0 Å². The van der Waals surface area contributed by atoms with Gasteiger partial charge in [0.25, 0.3) is 0 Å². The van der Waals surface area contributed by atoms with E-state index in [9.17, 15) is 10.2 Å². The SMILES string of the molecule is Cc1c(OCCCN2CCC(CO)CC2)cccc1-c1cccc(OCCCN2CCC(O)C2)c1C. The third kappa shape index (κ3) is 7.22. The first-order valence-electron chi connectivity index (χ1n) is 13.7. The highest BCUT2D eigenvalue weighted by Crippen LogP contribution is 2.35. The molecule has 0 saturated carbocycles. The number of nitrogens with zero attached hydrogens (tertiary/aromatic N) is 2. The molecule has 1 atom stereocenters. The molecule has 2 saturated heterocycles. The minimum Gasteiger partial charge on any atom is -0.493 e. The molecule has 36 heavy (non-hydrogen) atoms. The van der Waals surface area contributed by atoms with Crippen molar-refractivity contribution in [1.29, 1.82) is 0 Å². The monoisotopic (exact) mass is 496 g/mol. The fraction of sp³-hybridized carbons (Fsp3) is 0.600. The van der Waals surface area contributed by atoms with Gasteiger partial charge in [-0.25, -0.2) is 0 Å². The first-order valence-corrected chi connectivity index (χ1v) is 13.7. The van der Waals surface area contributed by atoms with Crippen LogP contribution in [0.2, 0.25) is 0 Å². The fourth-order valence-corrected chi connectivity index (χ4v) is 5.47. The molecule has 0 spiro atoms. The lowest BCUT2D eigenvalue weighted by Crippen LogP contribution is -2.35. The third-order valence-corrected chi connectivity index (χ3v) is 7.82. The maximum atomic E-state index is 9.69. The van der Waals surface area contributed by atoms with E-state index in [1.54, 1.807) is 0 Å². The maximum Gasteiger partial charge on any atom is 0.122 e. The molecular weight excluding hydrogens is 452 g/mol. The predicted molar refractivity (Wildman–Crippen MR) is 145 cm³/mol. The molecule has 0 radical (unpaired) electrons. The molecule has 2 fully saturated rings. The molecule has 0 aliphatic carbocycles. The molecule has 0 bridgehead atoms. The van der Waals surface area contributed by atoms with Crippen molar-refractivity contribution in [3.05, 3.63) is 47.5 Å². The van der Waals surface area contributed by atoms with E-state index >= 15 is 0 Å². The Hall–Kier alpha value is -2.12. The molecule has 2 heterocycles. The molecule has 4 rings (SSSR count). The Balaban J connectivity index is 1.29. The van der Waals surface area contributed by atoms with Gasteiger partial charge in [0.1, 0.15) is 11.5 Å². The topological polar surface area (TPSA) is 65.4 Å².